The minimum atomic E-state index is -0.500. The van der Waals surface area contributed by atoms with Gasteiger partial charge < -0.3 is 40.8 Å². The van der Waals surface area contributed by atoms with E-state index in [0.29, 0.717) is 31.3 Å². The van der Waals surface area contributed by atoms with Gasteiger partial charge in [-0.25, -0.2) is 9.59 Å². The number of urea groups is 1. The summed E-state index contributed by atoms with van der Waals surface area (Å²) in [5.74, 6) is 0.504. The number of hydrogen-bond acceptors (Lipinski definition) is 7. The fraction of sp³-hybridized carbons (Fsp3) is 0.423. The number of nitrogens with two attached hydrogens (primary N) is 1. The van der Waals surface area contributed by atoms with Gasteiger partial charge in [0.1, 0.15) is 5.75 Å². The third kappa shape index (κ3) is 9.83. The summed E-state index contributed by atoms with van der Waals surface area (Å²) in [5, 5.41) is 14.8. The first kappa shape index (κ1) is 28.4. The van der Waals surface area contributed by atoms with Gasteiger partial charge in [-0.15, -0.1) is 0 Å². The Labute approximate surface area is 212 Å². The topological polar surface area (TPSA) is 140 Å². The molecule has 0 bridgehead atoms. The van der Waals surface area contributed by atoms with Crippen molar-refractivity contribution in [3.8, 4) is 5.75 Å². The molecule has 2 aromatic carbocycles. The molecule has 0 radical (unpaired) electrons. The average molecular weight is 499 g/mol. The molecular weight excluding hydrogens is 462 g/mol. The van der Waals surface area contributed by atoms with Crippen molar-refractivity contribution in [3.05, 3.63) is 59.7 Å². The Kier molecular flexibility index (Phi) is 12.1. The lowest BCUT2D eigenvalue weighted by molar-refractivity contribution is -0.283. The number of amides is 3. The first-order valence-electron chi connectivity index (χ1n) is 12.0. The van der Waals surface area contributed by atoms with Crippen LogP contribution in [0, 0.1) is 0 Å². The number of nitrogens with zero attached hydrogens (tertiary/aromatic N) is 2. The Balaban J connectivity index is 0.00000145. The van der Waals surface area contributed by atoms with E-state index in [4.69, 9.17) is 20.4 Å². The molecule has 1 heterocycles. The third-order valence-electron chi connectivity index (χ3n) is 5.72. The van der Waals surface area contributed by atoms with Crippen molar-refractivity contribution in [3.63, 3.8) is 0 Å². The van der Waals surface area contributed by atoms with Gasteiger partial charge in [0.2, 0.25) is 0 Å². The van der Waals surface area contributed by atoms with E-state index in [2.05, 4.69) is 34.9 Å². The third-order valence-corrected chi connectivity index (χ3v) is 5.72. The van der Waals surface area contributed by atoms with Crippen molar-refractivity contribution in [2.75, 3.05) is 45.6 Å². The summed E-state index contributed by atoms with van der Waals surface area (Å²) in [6, 6.07) is 16.1. The second-order valence-electron chi connectivity index (χ2n) is 8.63. The quantitative estimate of drug-likeness (QED) is 0.468. The zero-order valence-corrected chi connectivity index (χ0v) is 20.9. The molecule has 4 N–H and O–H groups in total. The van der Waals surface area contributed by atoms with Crippen molar-refractivity contribution >= 4 is 24.3 Å². The maximum Gasteiger partial charge on any atom is 0.414 e. The molecule has 196 valence electrons. The van der Waals surface area contributed by atoms with Gasteiger partial charge in [0.25, 0.3) is 0 Å². The van der Waals surface area contributed by atoms with Gasteiger partial charge in [-0.3, -0.25) is 0 Å². The molecule has 0 atom stereocenters. The fourth-order valence-corrected chi connectivity index (χ4v) is 3.74. The van der Waals surface area contributed by atoms with Crippen LogP contribution in [0.15, 0.2) is 48.5 Å². The number of piperidine rings is 1. The van der Waals surface area contributed by atoms with Gasteiger partial charge in [0.05, 0.1) is 0 Å². The van der Waals surface area contributed by atoms with Crippen molar-refractivity contribution in [1.29, 1.82) is 0 Å². The van der Waals surface area contributed by atoms with Gasteiger partial charge in [0, 0.05) is 51.9 Å². The van der Waals surface area contributed by atoms with Crippen molar-refractivity contribution in [2.24, 2.45) is 5.73 Å². The summed E-state index contributed by atoms with van der Waals surface area (Å²) in [4.78, 5) is 35.6. The molecule has 1 aliphatic heterocycles. The first-order valence-corrected chi connectivity index (χ1v) is 12.0. The summed E-state index contributed by atoms with van der Waals surface area (Å²) in [7, 11) is 3.28. The van der Waals surface area contributed by atoms with Gasteiger partial charge in [-0.1, -0.05) is 24.3 Å². The van der Waals surface area contributed by atoms with Crippen LogP contribution >= 0.6 is 0 Å². The van der Waals surface area contributed by atoms with Crippen LogP contribution in [0.3, 0.4) is 0 Å². The van der Waals surface area contributed by atoms with Gasteiger partial charge in [0.15, 0.2) is 0 Å². The minimum absolute atomic E-state index is 0.0175. The van der Waals surface area contributed by atoms with Crippen LogP contribution in [-0.2, 0) is 17.6 Å². The molecule has 1 fully saturated rings. The van der Waals surface area contributed by atoms with E-state index in [1.54, 1.807) is 26.2 Å². The van der Waals surface area contributed by atoms with E-state index < -0.39 is 12.6 Å². The normalized spacial score (nSPS) is 13.1. The van der Waals surface area contributed by atoms with Gasteiger partial charge in [-0.05, 0) is 67.6 Å². The molecule has 1 aliphatic rings. The van der Waals surface area contributed by atoms with Crippen LogP contribution in [0.25, 0.3) is 0 Å². The predicted molar refractivity (Wildman–Crippen MR) is 137 cm³/mol. The molecule has 1 saturated heterocycles. The Hall–Kier alpha value is -3.79. The highest BCUT2D eigenvalue weighted by Crippen LogP contribution is 2.18. The van der Waals surface area contributed by atoms with Gasteiger partial charge in [-0.2, -0.15) is 0 Å². The van der Waals surface area contributed by atoms with Crippen LogP contribution in [-0.4, -0.2) is 74.7 Å². The Bertz CT molecular complexity index is 942. The van der Waals surface area contributed by atoms with E-state index in [0.717, 1.165) is 43.6 Å². The van der Waals surface area contributed by atoms with Crippen LogP contribution in [0.4, 0.5) is 15.3 Å². The number of benzene rings is 2. The fourth-order valence-electron chi connectivity index (χ4n) is 3.74. The minimum Gasteiger partial charge on any atom is -0.554 e. The standard InChI is InChI=1S/C25H35N5O3.CH2O2/c1-29(2)25(32)33-23-9-5-20(6-10-23)12-16-27-24(31)30-17-13-22(14-18-30)28-21-7-3-19(4-8-21)11-15-26;2-1-3/h3-10,22,28H,11-18,26H2,1-2H3,(H,27,31);1H,(H,2,3)/p-1. The molecule has 0 aliphatic carbocycles. The summed E-state index contributed by atoms with van der Waals surface area (Å²) in [5.41, 5.74) is 9.03. The molecule has 3 rings (SSSR count). The second-order valence-corrected chi connectivity index (χ2v) is 8.63. The van der Waals surface area contributed by atoms with E-state index in [-0.39, 0.29) is 6.03 Å². The Morgan fingerprint density at radius 1 is 1.06 bits per heavy atom. The van der Waals surface area contributed by atoms with Crippen LogP contribution in [0.2, 0.25) is 0 Å². The lowest BCUT2D eigenvalue weighted by Crippen LogP contribution is -2.47. The lowest BCUT2D eigenvalue weighted by Gasteiger charge is -2.33. The summed E-state index contributed by atoms with van der Waals surface area (Å²) >= 11 is 0. The highest BCUT2D eigenvalue weighted by molar-refractivity contribution is 5.74. The number of anilines is 1. The van der Waals surface area contributed by atoms with Crippen LogP contribution in [0.1, 0.15) is 24.0 Å². The Morgan fingerprint density at radius 3 is 2.17 bits per heavy atom. The van der Waals surface area contributed by atoms with E-state index in [1.165, 1.54) is 10.5 Å². The highest BCUT2D eigenvalue weighted by atomic mass is 16.6. The molecule has 10 nitrogen and oxygen atoms in total. The van der Waals surface area contributed by atoms with Gasteiger partial charge >= 0.3 is 12.1 Å². The number of carbonyl (C=O) groups is 3. The molecule has 2 aromatic rings. The predicted octanol–water partition coefficient (Wildman–Crippen LogP) is 1.44. The molecule has 0 saturated carbocycles. The number of ether oxygens (including phenoxy) is 1. The zero-order valence-electron chi connectivity index (χ0n) is 20.9. The number of nitrogens with one attached hydrogen (secondary N) is 2. The number of rotatable bonds is 8. The lowest BCUT2D eigenvalue weighted by atomic mass is 10.0. The maximum absolute atomic E-state index is 12.5. The summed E-state index contributed by atoms with van der Waals surface area (Å²) in [6.07, 6.45) is 3.04. The highest BCUT2D eigenvalue weighted by Gasteiger charge is 2.22. The average Bonchev–Trinajstić information content (AvgIpc) is 2.87. The molecule has 36 heavy (non-hydrogen) atoms. The summed E-state index contributed by atoms with van der Waals surface area (Å²) < 4.78 is 5.21. The largest absolute Gasteiger partial charge is 0.554 e. The van der Waals surface area contributed by atoms with E-state index in [9.17, 15) is 9.59 Å². The monoisotopic (exact) mass is 498 g/mol. The van der Waals surface area contributed by atoms with Crippen LogP contribution in [0.5, 0.6) is 5.75 Å². The number of hydrogen-bond donors (Lipinski definition) is 3. The number of carboxylic acid groups (broad SMARTS) is 1. The van der Waals surface area contributed by atoms with Crippen LogP contribution < -0.4 is 26.2 Å². The zero-order chi connectivity index (χ0) is 26.3. The maximum atomic E-state index is 12.5. The van der Waals surface area contributed by atoms with E-state index in [1.807, 2.05) is 17.0 Å². The van der Waals surface area contributed by atoms with E-state index >= 15 is 0 Å². The van der Waals surface area contributed by atoms with Crippen molar-refractivity contribution < 1.29 is 24.2 Å². The van der Waals surface area contributed by atoms with Crippen molar-refractivity contribution in [2.45, 2.75) is 31.7 Å². The second kappa shape index (κ2) is 15.3. The smallest absolute Gasteiger partial charge is 0.414 e. The molecule has 0 aromatic heterocycles. The molecule has 10 heteroatoms. The number of carbonyl (C=O) groups excluding carboxylic acids is 3. The first-order chi connectivity index (χ1) is 17.4. The summed E-state index contributed by atoms with van der Waals surface area (Å²) in [6.45, 7) is 2.19. The Morgan fingerprint density at radius 2 is 1.61 bits per heavy atom. The molecule has 0 unspecified atom stereocenters. The molecule has 3 amide bonds. The van der Waals surface area contributed by atoms with Crippen molar-refractivity contribution in [1.82, 2.24) is 15.1 Å². The SMILES string of the molecule is CN(C)C(=O)Oc1ccc(CCNC(=O)N2CCC(Nc3ccc(CCN)cc3)CC2)cc1.O=C[O-]. The molecule has 0 spiro atoms. The molecular formula is C26H36N5O5-. The number of likely N-dealkylation sites (tertiary alicyclic amines) is 1.